The van der Waals surface area contributed by atoms with Gasteiger partial charge in [0, 0.05) is 11.6 Å². The second-order valence-corrected chi connectivity index (χ2v) is 3.28. The number of nitrogens with zero attached hydrogens (tertiary/aromatic N) is 1. The molecule has 1 aromatic carbocycles. The maximum Gasteiger partial charge on any atom is 0.289 e. The van der Waals surface area contributed by atoms with Gasteiger partial charge in [-0.2, -0.15) is 0 Å². The molecular formula is C10H8ClNO3. The highest BCUT2D eigenvalue weighted by Crippen LogP contribution is 2.24. The Bertz CT molecular complexity index is 446. The molecule has 0 saturated carbocycles. The molecule has 1 aromatic rings. The van der Waals surface area contributed by atoms with Crippen LogP contribution < -0.4 is 0 Å². The molecule has 15 heavy (non-hydrogen) atoms. The van der Waals surface area contributed by atoms with E-state index in [4.69, 9.17) is 16.7 Å². The third-order valence-corrected chi connectivity index (χ3v) is 1.89. The normalized spacial score (nSPS) is 11.4. The van der Waals surface area contributed by atoms with Crippen LogP contribution in [0.2, 0.25) is 5.02 Å². The summed E-state index contributed by atoms with van der Waals surface area (Å²) in [5.74, 6) is 5.09. The predicted octanol–water partition coefficient (Wildman–Crippen LogP) is 1.98. The quantitative estimate of drug-likeness (QED) is 0.452. The number of halogens is 1. The lowest BCUT2D eigenvalue weighted by Gasteiger charge is -1.95. The van der Waals surface area contributed by atoms with Gasteiger partial charge in [0.1, 0.15) is 11.1 Å². The Morgan fingerprint density at radius 1 is 1.60 bits per heavy atom. The Labute approximate surface area is 91.6 Å². The molecule has 0 fully saturated rings. The van der Waals surface area contributed by atoms with Gasteiger partial charge in [-0.25, -0.2) is 0 Å². The molecule has 0 bridgehead atoms. The average molecular weight is 226 g/mol. The van der Waals surface area contributed by atoms with Gasteiger partial charge >= 0.3 is 0 Å². The van der Waals surface area contributed by atoms with E-state index < -0.39 is 11.0 Å². The molecular weight excluding hydrogens is 218 g/mol. The number of hydrogen-bond acceptors (Lipinski definition) is 3. The monoisotopic (exact) mass is 225 g/mol. The Kier molecular flexibility index (Phi) is 3.67. The Hall–Kier alpha value is -1.57. The highest BCUT2D eigenvalue weighted by molar-refractivity contribution is 6.32. The molecule has 0 heterocycles. The number of nitro benzene ring substituents is 1. The van der Waals surface area contributed by atoms with Crippen molar-refractivity contribution in [3.8, 4) is 11.8 Å². The molecule has 5 heteroatoms. The fourth-order valence-electron chi connectivity index (χ4n) is 0.918. The zero-order valence-electron chi connectivity index (χ0n) is 7.90. The predicted molar refractivity (Wildman–Crippen MR) is 56.7 cm³/mol. The van der Waals surface area contributed by atoms with Crippen LogP contribution in [0.4, 0.5) is 5.69 Å². The third kappa shape index (κ3) is 3.24. The zero-order valence-corrected chi connectivity index (χ0v) is 8.65. The molecule has 4 nitrogen and oxygen atoms in total. The van der Waals surface area contributed by atoms with Crippen molar-refractivity contribution in [2.45, 2.75) is 13.0 Å². The van der Waals surface area contributed by atoms with Gasteiger partial charge in [0.05, 0.1) is 4.92 Å². The standard InChI is InChI=1S/C10H8ClNO3/c1-7(13)2-3-8-4-5-9(11)10(6-8)12(14)15/h4-7,13H,1H3. The van der Waals surface area contributed by atoms with E-state index in [1.807, 2.05) is 0 Å². The smallest absolute Gasteiger partial charge is 0.289 e. The van der Waals surface area contributed by atoms with Crippen molar-refractivity contribution < 1.29 is 10.0 Å². The molecule has 0 amide bonds. The lowest BCUT2D eigenvalue weighted by atomic mass is 10.2. The maximum atomic E-state index is 10.5. The largest absolute Gasteiger partial charge is 0.381 e. The molecule has 0 radical (unpaired) electrons. The molecule has 0 spiro atoms. The lowest BCUT2D eigenvalue weighted by Crippen LogP contribution is -1.93. The second-order valence-electron chi connectivity index (χ2n) is 2.87. The summed E-state index contributed by atoms with van der Waals surface area (Å²) < 4.78 is 0. The number of rotatable bonds is 1. The molecule has 0 aliphatic carbocycles. The molecule has 1 atom stereocenters. The first-order valence-corrected chi connectivity index (χ1v) is 4.52. The molecule has 78 valence electrons. The van der Waals surface area contributed by atoms with Crippen molar-refractivity contribution in [2.24, 2.45) is 0 Å². The number of aliphatic hydroxyl groups is 1. The van der Waals surface area contributed by atoms with Crippen LogP contribution in [0.25, 0.3) is 0 Å². The third-order valence-electron chi connectivity index (χ3n) is 1.57. The minimum absolute atomic E-state index is 0.0718. The van der Waals surface area contributed by atoms with Gasteiger partial charge in [0.2, 0.25) is 0 Å². The fourth-order valence-corrected chi connectivity index (χ4v) is 1.10. The van der Waals surface area contributed by atoms with Gasteiger partial charge < -0.3 is 5.11 Å². The molecule has 1 rings (SSSR count). The van der Waals surface area contributed by atoms with E-state index in [2.05, 4.69) is 11.8 Å². The van der Waals surface area contributed by atoms with Crippen LogP contribution >= 0.6 is 11.6 Å². The van der Waals surface area contributed by atoms with Gasteiger partial charge in [-0.05, 0) is 19.1 Å². The van der Waals surface area contributed by atoms with Crippen LogP contribution in [-0.2, 0) is 0 Å². The van der Waals surface area contributed by atoms with E-state index in [0.717, 1.165) is 0 Å². The van der Waals surface area contributed by atoms with Gasteiger partial charge in [0.15, 0.2) is 0 Å². The van der Waals surface area contributed by atoms with E-state index >= 15 is 0 Å². The van der Waals surface area contributed by atoms with Crippen LogP contribution in [0.3, 0.4) is 0 Å². The van der Waals surface area contributed by atoms with E-state index in [1.54, 1.807) is 6.07 Å². The Morgan fingerprint density at radius 3 is 2.80 bits per heavy atom. The van der Waals surface area contributed by atoms with Crippen molar-refractivity contribution in [3.05, 3.63) is 38.9 Å². The van der Waals surface area contributed by atoms with E-state index in [1.165, 1.54) is 19.1 Å². The number of benzene rings is 1. The molecule has 0 aromatic heterocycles. The topological polar surface area (TPSA) is 63.4 Å². The van der Waals surface area contributed by atoms with Crippen molar-refractivity contribution in [3.63, 3.8) is 0 Å². The van der Waals surface area contributed by atoms with Crippen LogP contribution in [-0.4, -0.2) is 16.1 Å². The first kappa shape index (κ1) is 11.5. The minimum Gasteiger partial charge on any atom is -0.381 e. The van der Waals surface area contributed by atoms with Crippen molar-refractivity contribution in [1.29, 1.82) is 0 Å². The average Bonchev–Trinajstić information content (AvgIpc) is 2.16. The molecule has 0 aliphatic rings. The summed E-state index contributed by atoms with van der Waals surface area (Å²) in [6, 6.07) is 4.24. The molecule has 1 N–H and O–H groups in total. The van der Waals surface area contributed by atoms with E-state index in [9.17, 15) is 10.1 Å². The SMILES string of the molecule is CC(O)C#Cc1ccc(Cl)c([N+](=O)[O-])c1. The first-order chi connectivity index (χ1) is 7.00. The molecule has 0 aliphatic heterocycles. The number of aliphatic hydroxyl groups excluding tert-OH is 1. The molecule has 1 unspecified atom stereocenters. The zero-order chi connectivity index (χ0) is 11.4. The first-order valence-electron chi connectivity index (χ1n) is 4.14. The van der Waals surface area contributed by atoms with Crippen molar-refractivity contribution in [2.75, 3.05) is 0 Å². The molecule has 0 saturated heterocycles. The summed E-state index contributed by atoms with van der Waals surface area (Å²) in [5.41, 5.74) is 0.265. The van der Waals surface area contributed by atoms with Crippen LogP contribution in [0.5, 0.6) is 0 Å². The van der Waals surface area contributed by atoms with E-state index in [-0.39, 0.29) is 10.7 Å². The Balaban J connectivity index is 3.10. The summed E-state index contributed by atoms with van der Waals surface area (Å²) in [6.45, 7) is 1.51. The van der Waals surface area contributed by atoms with Gasteiger partial charge in [-0.15, -0.1) is 0 Å². The van der Waals surface area contributed by atoms with Crippen LogP contribution in [0.1, 0.15) is 12.5 Å². The van der Waals surface area contributed by atoms with Gasteiger partial charge in [-0.1, -0.05) is 23.4 Å². The van der Waals surface area contributed by atoms with Crippen molar-refractivity contribution >= 4 is 17.3 Å². The Morgan fingerprint density at radius 2 is 2.27 bits per heavy atom. The summed E-state index contributed by atoms with van der Waals surface area (Å²) in [6.07, 6.45) is -0.764. The summed E-state index contributed by atoms with van der Waals surface area (Å²) >= 11 is 5.61. The fraction of sp³-hybridized carbons (Fsp3) is 0.200. The summed E-state index contributed by atoms with van der Waals surface area (Å²) in [4.78, 5) is 9.96. The lowest BCUT2D eigenvalue weighted by molar-refractivity contribution is -0.384. The van der Waals surface area contributed by atoms with Gasteiger partial charge in [-0.3, -0.25) is 10.1 Å². The van der Waals surface area contributed by atoms with Gasteiger partial charge in [0.25, 0.3) is 5.69 Å². The highest BCUT2D eigenvalue weighted by atomic mass is 35.5. The highest BCUT2D eigenvalue weighted by Gasteiger charge is 2.11. The number of nitro groups is 1. The summed E-state index contributed by atoms with van der Waals surface area (Å²) in [5, 5.41) is 19.5. The number of hydrogen-bond donors (Lipinski definition) is 1. The van der Waals surface area contributed by atoms with Crippen LogP contribution in [0.15, 0.2) is 18.2 Å². The van der Waals surface area contributed by atoms with Crippen LogP contribution in [0, 0.1) is 22.0 Å². The van der Waals surface area contributed by atoms with E-state index in [0.29, 0.717) is 5.56 Å². The maximum absolute atomic E-state index is 10.5. The second kappa shape index (κ2) is 4.78. The summed E-state index contributed by atoms with van der Waals surface area (Å²) in [7, 11) is 0. The minimum atomic E-state index is -0.764. The van der Waals surface area contributed by atoms with Crippen molar-refractivity contribution in [1.82, 2.24) is 0 Å².